The number of ether oxygens (including phenoxy) is 6. The van der Waals surface area contributed by atoms with E-state index in [4.69, 9.17) is 34.2 Å². The Hall–Kier alpha value is -5.39. The number of Topliss-reactive ketones (excluding diaryl/α,β-unsaturated/α-hetero) is 1. The van der Waals surface area contributed by atoms with Crippen molar-refractivity contribution in [3.8, 4) is 23.0 Å². The van der Waals surface area contributed by atoms with Gasteiger partial charge in [-0.15, -0.1) is 0 Å². The third-order valence-corrected chi connectivity index (χ3v) is 13.2. The average molecular weight is 874 g/mol. The topological polar surface area (TPSA) is 172 Å². The SMILES string of the molecule is C=C1C[C@H]2C(=O)Cc3cc(OCCCCCOc4cc(N)c(C(=O)N5CC(=C)C[C@H]5C5OCCN5C(=O)OCCSSc5ccccn5)cc4OC)c(OC)cc3C(=O)N2C1. The monoisotopic (exact) mass is 873 g/mol. The first-order chi connectivity index (χ1) is 29.6. The van der Waals surface area contributed by atoms with Gasteiger partial charge in [-0.1, -0.05) is 41.2 Å². The third-order valence-electron chi connectivity index (χ3n) is 11.0. The Morgan fingerprint density at radius 3 is 2.38 bits per heavy atom. The Bertz CT molecular complexity index is 2160. The minimum Gasteiger partial charge on any atom is -0.493 e. The van der Waals surface area contributed by atoms with Crippen LogP contribution in [0.5, 0.6) is 23.0 Å². The van der Waals surface area contributed by atoms with Crippen LogP contribution in [0.25, 0.3) is 0 Å². The number of nitrogen functional groups attached to an aromatic ring is 1. The molecule has 2 N–H and O–H groups in total. The number of methoxy groups -OCH3 is 2. The second kappa shape index (κ2) is 20.0. The summed E-state index contributed by atoms with van der Waals surface area (Å²) < 4.78 is 35.0. The zero-order chi connectivity index (χ0) is 43.0. The molecule has 15 nitrogen and oxygen atoms in total. The molecule has 4 aliphatic rings. The maximum absolute atomic E-state index is 14.1. The summed E-state index contributed by atoms with van der Waals surface area (Å²) in [5, 5.41) is 0.879. The van der Waals surface area contributed by atoms with Gasteiger partial charge in [0.25, 0.3) is 11.8 Å². The number of unbranched alkanes of at least 4 members (excludes halogenated alkanes) is 2. The van der Waals surface area contributed by atoms with Crippen molar-refractivity contribution in [2.75, 3.05) is 71.8 Å². The molecule has 0 aliphatic carbocycles. The maximum Gasteiger partial charge on any atom is 0.412 e. The number of amides is 3. The van der Waals surface area contributed by atoms with Gasteiger partial charge in [-0.2, -0.15) is 0 Å². The number of nitrogens with two attached hydrogens (primary N) is 1. The van der Waals surface area contributed by atoms with Gasteiger partial charge in [0.05, 0.1) is 58.2 Å². The lowest BCUT2D eigenvalue weighted by Crippen LogP contribution is -2.51. The molecule has 4 aliphatic heterocycles. The van der Waals surface area contributed by atoms with Gasteiger partial charge in [-0.05, 0) is 78.8 Å². The molecule has 61 heavy (non-hydrogen) atoms. The van der Waals surface area contributed by atoms with Crippen LogP contribution in [0.1, 0.15) is 58.4 Å². The number of pyridine rings is 1. The Morgan fingerprint density at radius 2 is 1.64 bits per heavy atom. The Labute approximate surface area is 363 Å². The second-order valence-corrected chi connectivity index (χ2v) is 17.6. The largest absolute Gasteiger partial charge is 0.493 e. The van der Waals surface area contributed by atoms with Crippen LogP contribution in [0.2, 0.25) is 0 Å². The van der Waals surface area contributed by atoms with Gasteiger partial charge in [0.15, 0.2) is 35.0 Å². The molecule has 3 aromatic rings. The summed E-state index contributed by atoms with van der Waals surface area (Å²) in [4.78, 5) is 62.7. The van der Waals surface area contributed by atoms with Crippen LogP contribution in [0, 0.1) is 0 Å². The summed E-state index contributed by atoms with van der Waals surface area (Å²) in [7, 11) is 6.08. The lowest BCUT2D eigenvalue weighted by atomic mass is 9.99. The highest BCUT2D eigenvalue weighted by Crippen LogP contribution is 2.38. The number of hydrogen-bond donors (Lipinski definition) is 1. The predicted molar refractivity (Wildman–Crippen MR) is 231 cm³/mol. The number of benzene rings is 2. The highest BCUT2D eigenvalue weighted by atomic mass is 33.1. The standard InChI is InChI=1S/C44H51N5O10S2/c1-27-18-33-35(50)20-29-21-38(36(54-3)22-30(29)41(51)48(33)25-27)56-13-8-5-9-14-57-39-24-32(45)31(23-37(39)55-4)42(52)49-26-28(2)19-34(49)43-47(12-15-58-43)44(53)59-16-17-60-61-40-10-6-7-11-46-40/h6-7,10-11,21-24,33-34,43H,1-2,5,8-9,12-20,25-26,45H2,3-4H3/t33-,34-,43?/m0/s1. The molecule has 17 heteroatoms. The highest BCUT2D eigenvalue weighted by molar-refractivity contribution is 8.76. The zero-order valence-electron chi connectivity index (χ0n) is 34.4. The van der Waals surface area contributed by atoms with Crippen LogP contribution < -0.4 is 24.7 Å². The number of nitrogens with zero attached hydrogens (tertiary/aromatic N) is 4. The molecule has 0 spiro atoms. The number of aromatic nitrogens is 1. The van der Waals surface area contributed by atoms with Crippen LogP contribution in [0.15, 0.2) is 78.0 Å². The number of carbonyl (C=O) groups excluding carboxylic acids is 4. The fourth-order valence-electron chi connectivity index (χ4n) is 7.97. The highest BCUT2D eigenvalue weighted by Gasteiger charge is 2.45. The van der Waals surface area contributed by atoms with Crippen molar-refractivity contribution in [2.45, 2.75) is 61.9 Å². The lowest BCUT2D eigenvalue weighted by molar-refractivity contribution is -0.121. The van der Waals surface area contributed by atoms with Gasteiger partial charge < -0.3 is 44.0 Å². The minimum absolute atomic E-state index is 0.00616. The van der Waals surface area contributed by atoms with Crippen molar-refractivity contribution >= 4 is 51.0 Å². The van der Waals surface area contributed by atoms with E-state index in [1.807, 2.05) is 18.2 Å². The van der Waals surface area contributed by atoms with E-state index >= 15 is 0 Å². The fraction of sp³-hybridized carbons (Fsp3) is 0.432. The number of carbonyl (C=O) groups is 4. The summed E-state index contributed by atoms with van der Waals surface area (Å²) in [5.74, 6) is 1.72. The molecule has 3 fully saturated rings. The number of likely N-dealkylation sites (tertiary alicyclic amines) is 1. The first-order valence-electron chi connectivity index (χ1n) is 20.2. The van der Waals surface area contributed by atoms with Crippen molar-refractivity contribution in [3.05, 3.63) is 89.7 Å². The van der Waals surface area contributed by atoms with E-state index in [0.29, 0.717) is 98.5 Å². The van der Waals surface area contributed by atoms with E-state index in [1.165, 1.54) is 29.9 Å². The summed E-state index contributed by atoms with van der Waals surface area (Å²) in [6.07, 6.45) is 3.80. The van der Waals surface area contributed by atoms with E-state index in [0.717, 1.165) is 22.6 Å². The minimum atomic E-state index is -0.706. The fourth-order valence-corrected chi connectivity index (χ4v) is 9.67. The first-order valence-corrected chi connectivity index (χ1v) is 22.6. The number of ketones is 1. The number of hydrogen-bond acceptors (Lipinski definition) is 14. The first kappa shape index (κ1) is 43.7. The predicted octanol–water partition coefficient (Wildman–Crippen LogP) is 6.21. The molecule has 3 amide bonds. The smallest absolute Gasteiger partial charge is 0.412 e. The summed E-state index contributed by atoms with van der Waals surface area (Å²) in [6.45, 7) is 10.4. The van der Waals surface area contributed by atoms with E-state index < -0.39 is 24.4 Å². The normalized spacial score (nSPS) is 19.8. The quantitative estimate of drug-likeness (QED) is 0.0702. The van der Waals surface area contributed by atoms with Gasteiger partial charge >= 0.3 is 6.09 Å². The lowest BCUT2D eigenvalue weighted by Gasteiger charge is -2.33. The maximum atomic E-state index is 14.1. The van der Waals surface area contributed by atoms with Gasteiger partial charge in [-0.25, -0.2) is 9.78 Å². The molecule has 3 atom stereocenters. The van der Waals surface area contributed by atoms with Crippen molar-refractivity contribution in [2.24, 2.45) is 0 Å². The molecule has 0 saturated carbocycles. The van der Waals surface area contributed by atoms with Gasteiger partial charge in [0.2, 0.25) is 0 Å². The Balaban J connectivity index is 0.890. The van der Waals surface area contributed by atoms with Crippen molar-refractivity contribution in [3.63, 3.8) is 0 Å². The Morgan fingerprint density at radius 1 is 0.902 bits per heavy atom. The van der Waals surface area contributed by atoms with Crippen LogP contribution >= 0.6 is 21.6 Å². The van der Waals surface area contributed by atoms with Crippen LogP contribution in [0.4, 0.5) is 10.5 Å². The molecule has 0 bridgehead atoms. The van der Waals surface area contributed by atoms with E-state index in [9.17, 15) is 19.2 Å². The number of anilines is 1. The van der Waals surface area contributed by atoms with Crippen molar-refractivity contribution < 1.29 is 47.6 Å². The van der Waals surface area contributed by atoms with E-state index in [-0.39, 0.29) is 48.4 Å². The van der Waals surface area contributed by atoms with Gasteiger partial charge in [0, 0.05) is 48.8 Å². The van der Waals surface area contributed by atoms with Crippen LogP contribution in [-0.2, 0) is 20.7 Å². The van der Waals surface area contributed by atoms with Crippen LogP contribution in [-0.4, -0.2) is 128 Å². The summed E-state index contributed by atoms with van der Waals surface area (Å²) in [6, 6.07) is 11.3. The second-order valence-electron chi connectivity index (χ2n) is 15.2. The molecular formula is C44H51N5O10S2. The van der Waals surface area contributed by atoms with Gasteiger partial charge in [-0.3, -0.25) is 19.3 Å². The van der Waals surface area contributed by atoms with E-state index in [2.05, 4.69) is 18.1 Å². The molecule has 1 aromatic heterocycles. The van der Waals surface area contributed by atoms with Crippen LogP contribution in [0.3, 0.4) is 0 Å². The molecule has 5 heterocycles. The Kier molecular flexibility index (Phi) is 14.3. The zero-order valence-corrected chi connectivity index (χ0v) is 36.1. The van der Waals surface area contributed by atoms with Crippen molar-refractivity contribution in [1.82, 2.24) is 19.7 Å². The van der Waals surface area contributed by atoms with Crippen molar-refractivity contribution in [1.29, 1.82) is 0 Å². The summed E-state index contributed by atoms with van der Waals surface area (Å²) in [5.41, 5.74) is 9.74. The average Bonchev–Trinajstić information content (AvgIpc) is 4.00. The number of fused-ring (bicyclic) bond motifs is 2. The molecule has 324 valence electrons. The third kappa shape index (κ3) is 10.1. The molecule has 1 unspecified atom stereocenters. The van der Waals surface area contributed by atoms with Gasteiger partial charge in [0.1, 0.15) is 11.6 Å². The molecule has 7 rings (SSSR count). The summed E-state index contributed by atoms with van der Waals surface area (Å²) >= 11 is 0. The number of rotatable bonds is 17. The molecule has 0 radical (unpaired) electrons. The molecule has 2 aromatic carbocycles. The molecule has 3 saturated heterocycles. The molecular weight excluding hydrogens is 823 g/mol. The van der Waals surface area contributed by atoms with E-state index in [1.54, 1.807) is 51.1 Å².